The Balaban J connectivity index is 1.47. The van der Waals surface area contributed by atoms with Gasteiger partial charge in [-0.05, 0) is 59.2 Å². The fourth-order valence-electron chi connectivity index (χ4n) is 3.87. The Hall–Kier alpha value is -3.22. The van der Waals surface area contributed by atoms with Crippen molar-refractivity contribution in [2.24, 2.45) is 0 Å². The highest BCUT2D eigenvalue weighted by molar-refractivity contribution is 7.16. The number of benzene rings is 2. The number of amides is 1. The Labute approximate surface area is 202 Å². The zero-order chi connectivity index (χ0) is 24.2. The van der Waals surface area contributed by atoms with Crippen molar-refractivity contribution in [2.75, 3.05) is 32.1 Å². The summed E-state index contributed by atoms with van der Waals surface area (Å²) in [6.07, 6.45) is -0.746. The number of fused-ring (bicyclic) bond motifs is 1. The molecule has 3 N–H and O–H groups in total. The summed E-state index contributed by atoms with van der Waals surface area (Å²) in [5, 5.41) is 34.2. The van der Waals surface area contributed by atoms with Gasteiger partial charge < -0.3 is 25.2 Å². The third-order valence-electron chi connectivity index (χ3n) is 5.89. The lowest BCUT2D eigenvalue weighted by atomic mass is 10.0. The number of anilines is 1. The minimum atomic E-state index is -1.07. The van der Waals surface area contributed by atoms with Gasteiger partial charge in [-0.1, -0.05) is 18.2 Å². The van der Waals surface area contributed by atoms with E-state index < -0.39 is 24.2 Å². The molecule has 0 radical (unpaired) electrons. The summed E-state index contributed by atoms with van der Waals surface area (Å²) in [5.74, 6) is -0.546. The highest BCUT2D eigenvalue weighted by atomic mass is 32.1. The van der Waals surface area contributed by atoms with E-state index in [1.807, 2.05) is 32.3 Å². The van der Waals surface area contributed by atoms with E-state index in [-0.39, 0.29) is 12.1 Å². The van der Waals surface area contributed by atoms with Gasteiger partial charge in [-0.15, -0.1) is 11.3 Å². The van der Waals surface area contributed by atoms with Gasteiger partial charge >= 0.3 is 0 Å². The number of nitriles is 1. The molecule has 3 atom stereocenters. The number of hydrogen-bond acceptors (Lipinski definition) is 7. The summed E-state index contributed by atoms with van der Waals surface area (Å²) in [6, 6.07) is 18.5. The zero-order valence-electron chi connectivity index (χ0n) is 19.1. The van der Waals surface area contributed by atoms with Crippen molar-refractivity contribution >= 4 is 39.8 Å². The van der Waals surface area contributed by atoms with E-state index in [9.17, 15) is 20.3 Å². The van der Waals surface area contributed by atoms with Crippen molar-refractivity contribution < 1.29 is 19.7 Å². The second kappa shape index (κ2) is 10.4. The smallest absolute Gasteiger partial charge is 0.262 e. The highest BCUT2D eigenvalue weighted by Crippen LogP contribution is 2.32. The van der Waals surface area contributed by atoms with Crippen LogP contribution in [0, 0.1) is 11.3 Å². The molecule has 176 valence electrons. The molecule has 1 aliphatic heterocycles. The van der Waals surface area contributed by atoms with Crippen LogP contribution >= 0.6 is 11.3 Å². The van der Waals surface area contributed by atoms with Crippen molar-refractivity contribution in [2.45, 2.75) is 24.7 Å². The lowest BCUT2D eigenvalue weighted by Crippen LogP contribution is -2.50. The third-order valence-corrected chi connectivity index (χ3v) is 6.97. The molecule has 0 aliphatic carbocycles. The quantitative estimate of drug-likeness (QED) is 0.372. The van der Waals surface area contributed by atoms with Crippen LogP contribution in [0.2, 0.25) is 0 Å². The monoisotopic (exact) mass is 477 g/mol. The number of carbonyl (C=O) groups excluding carboxylic acids is 1. The molecule has 1 amide bonds. The summed E-state index contributed by atoms with van der Waals surface area (Å²) in [5.41, 5.74) is 2.18. The van der Waals surface area contributed by atoms with Crippen LogP contribution in [0.15, 0.2) is 54.1 Å². The largest absolute Gasteiger partial charge is 0.390 e. The summed E-state index contributed by atoms with van der Waals surface area (Å²) >= 11 is 1.50. The number of aliphatic hydroxyl groups is 2. The van der Waals surface area contributed by atoms with E-state index in [1.165, 1.54) is 11.3 Å². The number of nitrogens with one attached hydrogen (secondary N) is 1. The van der Waals surface area contributed by atoms with E-state index in [1.54, 1.807) is 6.08 Å². The topological polar surface area (TPSA) is 106 Å². The standard InChI is InChI=1S/C26H27N3O4S/c1-29(2)20-6-5-16-11-18(4-3-17(16)12-20)24-8-7-21(34-24)13-19(14-27)26(32)28-15-23-25(31)22(30)9-10-33-23/h3-8,11-13,22-23,25,30-31H,9-10,15H2,1-2H3,(H,28,32)/b19-13+/t22-,23-,25+/m1/s1. The molecule has 0 unspecified atom stereocenters. The maximum Gasteiger partial charge on any atom is 0.262 e. The number of carbonyl (C=O) groups is 1. The zero-order valence-corrected chi connectivity index (χ0v) is 19.9. The fourth-order valence-corrected chi connectivity index (χ4v) is 4.81. The summed E-state index contributed by atoms with van der Waals surface area (Å²) in [6.45, 7) is 0.321. The predicted octanol–water partition coefficient (Wildman–Crippen LogP) is 3.17. The van der Waals surface area contributed by atoms with Gasteiger partial charge in [-0.2, -0.15) is 5.26 Å². The van der Waals surface area contributed by atoms with Gasteiger partial charge in [0.25, 0.3) is 5.91 Å². The first-order valence-corrected chi connectivity index (χ1v) is 11.9. The van der Waals surface area contributed by atoms with E-state index in [0.717, 1.165) is 31.8 Å². The van der Waals surface area contributed by atoms with Crippen molar-refractivity contribution in [3.05, 3.63) is 59.0 Å². The van der Waals surface area contributed by atoms with E-state index in [0.29, 0.717) is 13.0 Å². The first-order valence-electron chi connectivity index (χ1n) is 11.0. The second-order valence-electron chi connectivity index (χ2n) is 8.48. The van der Waals surface area contributed by atoms with Crippen molar-refractivity contribution in [1.82, 2.24) is 5.32 Å². The lowest BCUT2D eigenvalue weighted by molar-refractivity contribution is -0.136. The summed E-state index contributed by atoms with van der Waals surface area (Å²) in [7, 11) is 4.03. The number of nitrogens with zero attached hydrogens (tertiary/aromatic N) is 2. The van der Waals surface area contributed by atoms with Gasteiger partial charge in [0.2, 0.25) is 0 Å². The average molecular weight is 478 g/mol. The fraction of sp³-hybridized carbons (Fsp3) is 0.308. The molecule has 1 fully saturated rings. The molecular formula is C26H27N3O4S. The van der Waals surface area contributed by atoms with Crippen LogP contribution in [-0.4, -0.2) is 61.7 Å². The van der Waals surface area contributed by atoms with Crippen LogP contribution in [-0.2, 0) is 9.53 Å². The van der Waals surface area contributed by atoms with Crippen LogP contribution in [0.3, 0.4) is 0 Å². The molecule has 2 aromatic carbocycles. The lowest BCUT2D eigenvalue weighted by Gasteiger charge is -2.31. The van der Waals surface area contributed by atoms with Gasteiger partial charge in [-0.3, -0.25) is 4.79 Å². The molecule has 1 aromatic heterocycles. The van der Waals surface area contributed by atoms with Gasteiger partial charge in [-0.25, -0.2) is 0 Å². The molecule has 1 saturated heterocycles. The number of aliphatic hydroxyl groups excluding tert-OH is 2. The van der Waals surface area contributed by atoms with Crippen LogP contribution in [0.25, 0.3) is 27.3 Å². The van der Waals surface area contributed by atoms with Gasteiger partial charge in [0.15, 0.2) is 0 Å². The van der Waals surface area contributed by atoms with E-state index >= 15 is 0 Å². The summed E-state index contributed by atoms with van der Waals surface area (Å²) < 4.78 is 5.42. The minimum Gasteiger partial charge on any atom is -0.390 e. The van der Waals surface area contributed by atoms with Crippen LogP contribution in [0.1, 0.15) is 11.3 Å². The van der Waals surface area contributed by atoms with Gasteiger partial charge in [0.05, 0.1) is 6.10 Å². The number of thiophene rings is 1. The minimum absolute atomic E-state index is 0.0123. The number of rotatable bonds is 6. The maximum atomic E-state index is 12.5. The first kappa shape index (κ1) is 23.9. The molecule has 4 rings (SSSR count). The number of ether oxygens (including phenoxy) is 1. The molecule has 0 saturated carbocycles. The molecule has 0 spiro atoms. The Morgan fingerprint density at radius 2 is 1.97 bits per heavy atom. The molecule has 0 bridgehead atoms. The molecule has 34 heavy (non-hydrogen) atoms. The Kier molecular flexibility index (Phi) is 7.29. The van der Waals surface area contributed by atoms with Crippen LogP contribution < -0.4 is 10.2 Å². The van der Waals surface area contributed by atoms with Crippen molar-refractivity contribution in [3.8, 4) is 16.5 Å². The highest BCUT2D eigenvalue weighted by Gasteiger charge is 2.31. The first-order chi connectivity index (χ1) is 16.4. The molecule has 7 nitrogen and oxygen atoms in total. The van der Waals surface area contributed by atoms with E-state index in [2.05, 4.69) is 46.6 Å². The SMILES string of the molecule is CN(C)c1ccc2cc(-c3ccc(/C=C(\C#N)C(=O)NC[C@H]4OCC[C@@H](O)[C@@H]4O)s3)ccc2c1. The molecule has 3 aromatic rings. The number of hydrogen-bond donors (Lipinski definition) is 3. The van der Waals surface area contributed by atoms with Gasteiger partial charge in [0.1, 0.15) is 23.9 Å². The Morgan fingerprint density at radius 3 is 2.74 bits per heavy atom. The van der Waals surface area contributed by atoms with Crippen LogP contribution in [0.5, 0.6) is 0 Å². The van der Waals surface area contributed by atoms with Crippen LogP contribution in [0.4, 0.5) is 5.69 Å². The average Bonchev–Trinajstić information content (AvgIpc) is 3.31. The molecule has 8 heteroatoms. The Bertz CT molecular complexity index is 1260. The normalized spacial score (nSPS) is 20.7. The van der Waals surface area contributed by atoms with Crippen molar-refractivity contribution in [1.29, 1.82) is 5.26 Å². The van der Waals surface area contributed by atoms with Crippen molar-refractivity contribution in [3.63, 3.8) is 0 Å². The Morgan fingerprint density at radius 1 is 1.21 bits per heavy atom. The third kappa shape index (κ3) is 5.29. The molecular weight excluding hydrogens is 450 g/mol. The molecule has 1 aliphatic rings. The predicted molar refractivity (Wildman–Crippen MR) is 135 cm³/mol. The maximum absolute atomic E-state index is 12.5. The van der Waals surface area contributed by atoms with E-state index in [4.69, 9.17) is 4.74 Å². The summed E-state index contributed by atoms with van der Waals surface area (Å²) in [4.78, 5) is 16.4. The molecule has 2 heterocycles. The second-order valence-corrected chi connectivity index (χ2v) is 9.59. The van der Waals surface area contributed by atoms with Gasteiger partial charge in [0, 0.05) is 42.7 Å².